The Labute approximate surface area is 140 Å². The third-order valence-electron chi connectivity index (χ3n) is 3.41. The molecule has 0 unspecified atom stereocenters. The summed E-state index contributed by atoms with van der Waals surface area (Å²) in [6, 6.07) is 10.2. The number of carbonyl (C=O) groups excluding carboxylic acids is 2. The lowest BCUT2D eigenvalue weighted by molar-refractivity contribution is -0.114. The molecule has 2 N–H and O–H groups in total. The van der Waals surface area contributed by atoms with Crippen molar-refractivity contribution in [3.63, 3.8) is 0 Å². The second kappa shape index (κ2) is 7.50. The lowest BCUT2D eigenvalue weighted by atomic mass is 10.1. The van der Waals surface area contributed by atoms with E-state index in [1.54, 1.807) is 43.5 Å². The number of ether oxygens (including phenoxy) is 2. The van der Waals surface area contributed by atoms with Crippen LogP contribution in [0.1, 0.15) is 22.8 Å². The van der Waals surface area contributed by atoms with Gasteiger partial charge in [-0.05, 0) is 36.8 Å². The lowest BCUT2D eigenvalue weighted by Gasteiger charge is -2.14. The lowest BCUT2D eigenvalue weighted by Crippen LogP contribution is -2.14. The van der Waals surface area contributed by atoms with Crippen molar-refractivity contribution in [1.82, 2.24) is 0 Å². The van der Waals surface area contributed by atoms with E-state index < -0.39 is 0 Å². The molecular formula is C18H20N2O4. The summed E-state index contributed by atoms with van der Waals surface area (Å²) in [4.78, 5) is 23.6. The second-order valence-corrected chi connectivity index (χ2v) is 5.24. The molecule has 0 atom stereocenters. The Kier molecular flexibility index (Phi) is 5.42. The Morgan fingerprint density at radius 1 is 0.958 bits per heavy atom. The molecule has 0 heterocycles. The van der Waals surface area contributed by atoms with Crippen molar-refractivity contribution >= 4 is 23.2 Å². The van der Waals surface area contributed by atoms with E-state index in [0.717, 1.165) is 5.56 Å². The SMILES string of the molecule is COc1cc(NC(=O)c2cccc(NC(C)=O)c2)c(OC)cc1C. The van der Waals surface area contributed by atoms with Crippen LogP contribution in [0.25, 0.3) is 0 Å². The topological polar surface area (TPSA) is 76.7 Å². The molecule has 0 aromatic heterocycles. The highest BCUT2D eigenvalue weighted by Crippen LogP contribution is 2.32. The molecule has 6 nitrogen and oxygen atoms in total. The van der Waals surface area contributed by atoms with E-state index in [-0.39, 0.29) is 11.8 Å². The fourth-order valence-corrected chi connectivity index (χ4v) is 2.28. The summed E-state index contributed by atoms with van der Waals surface area (Å²) >= 11 is 0. The quantitative estimate of drug-likeness (QED) is 0.883. The molecule has 0 aliphatic rings. The first-order valence-corrected chi connectivity index (χ1v) is 7.36. The number of rotatable bonds is 5. The van der Waals surface area contributed by atoms with E-state index in [2.05, 4.69) is 10.6 Å². The molecule has 0 bridgehead atoms. The first-order valence-electron chi connectivity index (χ1n) is 7.36. The van der Waals surface area contributed by atoms with Crippen LogP contribution in [-0.4, -0.2) is 26.0 Å². The number of benzene rings is 2. The molecule has 0 aliphatic carbocycles. The summed E-state index contributed by atoms with van der Waals surface area (Å²) in [6.07, 6.45) is 0. The van der Waals surface area contributed by atoms with Gasteiger partial charge in [0.25, 0.3) is 5.91 Å². The van der Waals surface area contributed by atoms with Crippen LogP contribution < -0.4 is 20.1 Å². The van der Waals surface area contributed by atoms with Crippen molar-refractivity contribution in [2.45, 2.75) is 13.8 Å². The van der Waals surface area contributed by atoms with Crippen LogP contribution in [0.5, 0.6) is 11.5 Å². The van der Waals surface area contributed by atoms with Gasteiger partial charge in [0.2, 0.25) is 5.91 Å². The summed E-state index contributed by atoms with van der Waals surface area (Å²) in [5.74, 6) is 0.682. The number of aryl methyl sites for hydroxylation is 1. The van der Waals surface area contributed by atoms with Gasteiger partial charge in [-0.3, -0.25) is 9.59 Å². The molecule has 2 aromatic carbocycles. The van der Waals surface area contributed by atoms with Gasteiger partial charge in [0.1, 0.15) is 11.5 Å². The van der Waals surface area contributed by atoms with Gasteiger partial charge < -0.3 is 20.1 Å². The second-order valence-electron chi connectivity index (χ2n) is 5.24. The van der Waals surface area contributed by atoms with Crippen molar-refractivity contribution in [3.05, 3.63) is 47.5 Å². The summed E-state index contributed by atoms with van der Waals surface area (Å²) in [5.41, 5.74) is 2.39. The van der Waals surface area contributed by atoms with E-state index in [1.807, 2.05) is 6.92 Å². The van der Waals surface area contributed by atoms with E-state index in [1.165, 1.54) is 14.0 Å². The Morgan fingerprint density at radius 3 is 2.29 bits per heavy atom. The van der Waals surface area contributed by atoms with Crippen molar-refractivity contribution in [2.75, 3.05) is 24.9 Å². The Morgan fingerprint density at radius 2 is 1.67 bits per heavy atom. The molecule has 2 aromatic rings. The van der Waals surface area contributed by atoms with Gasteiger partial charge in [0.05, 0.1) is 19.9 Å². The number of methoxy groups -OCH3 is 2. The minimum absolute atomic E-state index is 0.197. The average Bonchev–Trinajstić information content (AvgIpc) is 2.55. The van der Waals surface area contributed by atoms with E-state index in [9.17, 15) is 9.59 Å². The van der Waals surface area contributed by atoms with Crippen LogP contribution in [0.2, 0.25) is 0 Å². The third kappa shape index (κ3) is 4.04. The smallest absolute Gasteiger partial charge is 0.255 e. The molecule has 6 heteroatoms. The fourth-order valence-electron chi connectivity index (χ4n) is 2.28. The van der Waals surface area contributed by atoms with Crippen LogP contribution >= 0.6 is 0 Å². The largest absolute Gasteiger partial charge is 0.496 e. The molecule has 2 rings (SSSR count). The van der Waals surface area contributed by atoms with Gasteiger partial charge in [-0.1, -0.05) is 6.07 Å². The maximum absolute atomic E-state index is 12.5. The molecule has 0 fully saturated rings. The predicted molar refractivity (Wildman–Crippen MR) is 93.0 cm³/mol. The number of amides is 2. The van der Waals surface area contributed by atoms with Crippen LogP contribution in [0, 0.1) is 6.92 Å². The Hall–Kier alpha value is -3.02. The number of nitrogens with one attached hydrogen (secondary N) is 2. The molecule has 126 valence electrons. The Balaban J connectivity index is 2.28. The van der Waals surface area contributed by atoms with Crippen LogP contribution in [0.4, 0.5) is 11.4 Å². The summed E-state index contributed by atoms with van der Waals surface area (Å²) in [7, 11) is 3.10. The number of anilines is 2. The van der Waals surface area contributed by atoms with Gasteiger partial charge in [-0.15, -0.1) is 0 Å². The van der Waals surface area contributed by atoms with Gasteiger partial charge >= 0.3 is 0 Å². The standard InChI is InChI=1S/C18H20N2O4/c1-11-8-17(24-4)15(10-16(11)23-3)20-18(22)13-6-5-7-14(9-13)19-12(2)21/h5-10H,1-4H3,(H,19,21)(H,20,22). The highest BCUT2D eigenvalue weighted by molar-refractivity contribution is 6.06. The first kappa shape index (κ1) is 17.3. The maximum Gasteiger partial charge on any atom is 0.255 e. The zero-order chi connectivity index (χ0) is 17.7. The number of carbonyl (C=O) groups is 2. The average molecular weight is 328 g/mol. The number of hydrogen-bond donors (Lipinski definition) is 2. The normalized spacial score (nSPS) is 10.0. The minimum atomic E-state index is -0.314. The summed E-state index contributed by atoms with van der Waals surface area (Å²) in [6.45, 7) is 3.31. The van der Waals surface area contributed by atoms with Gasteiger partial charge in [-0.25, -0.2) is 0 Å². The first-order chi connectivity index (χ1) is 11.4. The van der Waals surface area contributed by atoms with Gasteiger partial charge in [-0.2, -0.15) is 0 Å². The van der Waals surface area contributed by atoms with Crippen LogP contribution in [0.15, 0.2) is 36.4 Å². The minimum Gasteiger partial charge on any atom is -0.496 e. The predicted octanol–water partition coefficient (Wildman–Crippen LogP) is 3.22. The number of hydrogen-bond acceptors (Lipinski definition) is 4. The van der Waals surface area contributed by atoms with E-state index in [4.69, 9.17) is 9.47 Å². The van der Waals surface area contributed by atoms with Crippen molar-refractivity contribution in [2.24, 2.45) is 0 Å². The highest BCUT2D eigenvalue weighted by atomic mass is 16.5. The maximum atomic E-state index is 12.5. The monoisotopic (exact) mass is 328 g/mol. The van der Waals surface area contributed by atoms with Crippen molar-refractivity contribution < 1.29 is 19.1 Å². The van der Waals surface area contributed by atoms with Crippen LogP contribution in [0.3, 0.4) is 0 Å². The Bertz CT molecular complexity index is 772. The molecule has 24 heavy (non-hydrogen) atoms. The fraction of sp³-hybridized carbons (Fsp3) is 0.222. The molecule has 0 radical (unpaired) electrons. The van der Waals surface area contributed by atoms with Crippen molar-refractivity contribution in [1.29, 1.82) is 0 Å². The van der Waals surface area contributed by atoms with Crippen molar-refractivity contribution in [3.8, 4) is 11.5 Å². The zero-order valence-electron chi connectivity index (χ0n) is 14.1. The third-order valence-corrected chi connectivity index (χ3v) is 3.41. The molecule has 2 amide bonds. The van der Waals surface area contributed by atoms with Gasteiger partial charge in [0.15, 0.2) is 0 Å². The molecule has 0 saturated carbocycles. The molecule has 0 saturated heterocycles. The molecule has 0 spiro atoms. The molecular weight excluding hydrogens is 308 g/mol. The zero-order valence-corrected chi connectivity index (χ0v) is 14.1. The summed E-state index contributed by atoms with van der Waals surface area (Å²) < 4.78 is 10.6. The highest BCUT2D eigenvalue weighted by Gasteiger charge is 2.13. The van der Waals surface area contributed by atoms with E-state index in [0.29, 0.717) is 28.4 Å². The molecule has 0 aliphatic heterocycles. The summed E-state index contributed by atoms with van der Waals surface area (Å²) in [5, 5.41) is 5.45. The van der Waals surface area contributed by atoms with Crippen LogP contribution in [-0.2, 0) is 4.79 Å². The van der Waals surface area contributed by atoms with E-state index >= 15 is 0 Å². The van der Waals surface area contributed by atoms with Gasteiger partial charge in [0, 0.05) is 24.2 Å².